The van der Waals surface area contributed by atoms with E-state index in [4.69, 9.17) is 5.11 Å². The summed E-state index contributed by atoms with van der Waals surface area (Å²) in [4.78, 5) is 10.6. The van der Waals surface area contributed by atoms with Gasteiger partial charge in [-0.05, 0) is 12.1 Å². The normalized spacial score (nSPS) is 15.2. The van der Waals surface area contributed by atoms with Gasteiger partial charge in [0.1, 0.15) is 11.9 Å². The summed E-state index contributed by atoms with van der Waals surface area (Å²) in [6.07, 6.45) is -8.85. The van der Waals surface area contributed by atoms with Gasteiger partial charge in [0.25, 0.3) is 0 Å². The van der Waals surface area contributed by atoms with E-state index in [0.717, 1.165) is 0 Å². The molecule has 0 aliphatic carbocycles. The van der Waals surface area contributed by atoms with Gasteiger partial charge in [0.05, 0.1) is 5.56 Å². The molecular weight excluding hydrogens is 258 g/mol. The number of carbonyl (C=O) groups is 1. The number of nitrogens with two attached hydrogens (primary N) is 1. The number of aliphatic hydroxyl groups excluding tert-OH is 2. The molecule has 2 unspecified atom stereocenters. The van der Waals surface area contributed by atoms with Crippen molar-refractivity contribution in [1.29, 1.82) is 0 Å². The van der Waals surface area contributed by atoms with Crippen LogP contribution in [-0.4, -0.2) is 22.2 Å². The van der Waals surface area contributed by atoms with Crippen LogP contribution in [0.2, 0.25) is 0 Å². The topological polar surface area (TPSA) is 83.6 Å². The van der Waals surface area contributed by atoms with Crippen LogP contribution >= 0.6 is 0 Å². The molecule has 4 N–H and O–H groups in total. The minimum Gasteiger partial charge on any atom is -0.385 e. The van der Waals surface area contributed by atoms with Crippen molar-refractivity contribution in [2.75, 3.05) is 0 Å². The number of hydrogen-bond acceptors (Lipinski definition) is 3. The second-order valence-electron chi connectivity index (χ2n) is 3.53. The zero-order chi connectivity index (χ0) is 14.1. The molecule has 0 saturated carbocycles. The van der Waals surface area contributed by atoms with Crippen molar-refractivity contribution in [3.63, 3.8) is 0 Å². The number of carbonyl (C=O) groups excluding carboxylic acids is 1. The summed E-state index contributed by atoms with van der Waals surface area (Å²) < 4.78 is 50.0. The van der Waals surface area contributed by atoms with Crippen LogP contribution < -0.4 is 5.73 Å². The molecule has 0 aromatic heterocycles. The van der Waals surface area contributed by atoms with Crippen LogP contribution in [0.5, 0.6) is 0 Å². The minimum atomic E-state index is -4.73. The molecule has 0 radical (unpaired) electrons. The third-order valence-corrected chi connectivity index (χ3v) is 2.24. The van der Waals surface area contributed by atoms with Gasteiger partial charge in [-0.3, -0.25) is 4.79 Å². The highest BCUT2D eigenvalue weighted by molar-refractivity contribution is 5.79. The van der Waals surface area contributed by atoms with Gasteiger partial charge in [0.15, 0.2) is 6.10 Å². The first-order valence-electron chi connectivity index (χ1n) is 4.66. The highest BCUT2D eigenvalue weighted by Gasteiger charge is 2.33. The summed E-state index contributed by atoms with van der Waals surface area (Å²) in [6, 6.07) is 1.32. The summed E-state index contributed by atoms with van der Waals surface area (Å²) in [5.74, 6) is -2.71. The number of benzene rings is 1. The van der Waals surface area contributed by atoms with E-state index >= 15 is 0 Å². The summed E-state index contributed by atoms with van der Waals surface area (Å²) in [7, 11) is 0. The minimum absolute atomic E-state index is 0.159. The molecule has 4 nitrogen and oxygen atoms in total. The summed E-state index contributed by atoms with van der Waals surface area (Å²) in [5, 5.41) is 18.5. The monoisotopic (exact) mass is 267 g/mol. The van der Waals surface area contributed by atoms with Crippen LogP contribution in [0.25, 0.3) is 0 Å². The second kappa shape index (κ2) is 4.91. The molecule has 18 heavy (non-hydrogen) atoms. The van der Waals surface area contributed by atoms with Gasteiger partial charge >= 0.3 is 6.18 Å². The Morgan fingerprint density at radius 3 is 2.22 bits per heavy atom. The van der Waals surface area contributed by atoms with E-state index in [1.807, 2.05) is 0 Å². The molecule has 0 spiro atoms. The van der Waals surface area contributed by atoms with Gasteiger partial charge in [0, 0.05) is 5.56 Å². The van der Waals surface area contributed by atoms with Crippen molar-refractivity contribution >= 4 is 5.91 Å². The molecule has 1 aromatic rings. The Bertz CT molecular complexity index is 461. The smallest absolute Gasteiger partial charge is 0.385 e. The predicted octanol–water partition coefficient (Wildman–Crippen LogP) is 0.724. The number of hydrogen-bond donors (Lipinski definition) is 3. The lowest BCUT2D eigenvalue weighted by molar-refractivity contribution is -0.138. The molecule has 1 aromatic carbocycles. The molecule has 0 heterocycles. The zero-order valence-corrected chi connectivity index (χ0v) is 8.78. The third kappa shape index (κ3) is 2.96. The van der Waals surface area contributed by atoms with Crippen LogP contribution in [0.1, 0.15) is 17.2 Å². The summed E-state index contributed by atoms with van der Waals surface area (Å²) in [5.41, 5.74) is 2.78. The van der Waals surface area contributed by atoms with Crippen LogP contribution in [0.15, 0.2) is 18.2 Å². The number of halogens is 4. The van der Waals surface area contributed by atoms with Gasteiger partial charge in [-0.1, -0.05) is 6.07 Å². The lowest BCUT2D eigenvalue weighted by Gasteiger charge is -2.16. The molecule has 0 saturated heterocycles. The first-order chi connectivity index (χ1) is 8.14. The maximum absolute atomic E-state index is 13.3. The Hall–Kier alpha value is -1.67. The number of amides is 1. The predicted molar refractivity (Wildman–Crippen MR) is 51.6 cm³/mol. The van der Waals surface area contributed by atoms with E-state index in [-0.39, 0.29) is 6.07 Å². The van der Waals surface area contributed by atoms with E-state index in [1.54, 1.807) is 0 Å². The maximum atomic E-state index is 13.3. The average molecular weight is 267 g/mol. The van der Waals surface area contributed by atoms with Crippen molar-refractivity contribution in [2.24, 2.45) is 5.73 Å². The number of primary amides is 1. The van der Waals surface area contributed by atoms with Crippen molar-refractivity contribution in [3.8, 4) is 0 Å². The van der Waals surface area contributed by atoms with Crippen molar-refractivity contribution < 1.29 is 32.6 Å². The van der Waals surface area contributed by atoms with E-state index in [0.29, 0.717) is 12.1 Å². The number of aliphatic hydroxyl groups is 2. The standard InChI is InChI=1S/C10H9F4NO3/c11-6-3-4(10(12,13)14)1-2-5(6)7(16)8(17)9(15)18/h1-3,7-8,16-17H,(H2,15,18). The maximum Gasteiger partial charge on any atom is 0.416 e. The van der Waals surface area contributed by atoms with Crippen molar-refractivity contribution in [1.82, 2.24) is 0 Å². The zero-order valence-electron chi connectivity index (χ0n) is 8.78. The van der Waals surface area contributed by atoms with Crippen molar-refractivity contribution in [2.45, 2.75) is 18.4 Å². The van der Waals surface area contributed by atoms with Gasteiger partial charge in [-0.25, -0.2) is 4.39 Å². The van der Waals surface area contributed by atoms with Crippen LogP contribution in [0.4, 0.5) is 17.6 Å². The van der Waals surface area contributed by atoms with Gasteiger partial charge in [0.2, 0.25) is 5.91 Å². The van der Waals surface area contributed by atoms with Crippen LogP contribution in [0.3, 0.4) is 0 Å². The Balaban J connectivity index is 3.10. The fourth-order valence-electron chi connectivity index (χ4n) is 1.27. The van der Waals surface area contributed by atoms with Gasteiger partial charge in [-0.2, -0.15) is 13.2 Å². The Kier molecular flexibility index (Phi) is 3.92. The van der Waals surface area contributed by atoms with E-state index in [2.05, 4.69) is 5.73 Å². The highest BCUT2D eigenvalue weighted by atomic mass is 19.4. The molecule has 0 aliphatic rings. The summed E-state index contributed by atoms with van der Waals surface area (Å²) >= 11 is 0. The van der Waals surface area contributed by atoms with Gasteiger partial charge < -0.3 is 15.9 Å². The summed E-state index contributed by atoms with van der Waals surface area (Å²) in [6.45, 7) is 0. The quantitative estimate of drug-likeness (QED) is 0.706. The fraction of sp³-hybridized carbons (Fsp3) is 0.300. The Morgan fingerprint density at radius 2 is 1.83 bits per heavy atom. The largest absolute Gasteiger partial charge is 0.416 e. The molecular formula is C10H9F4NO3. The Morgan fingerprint density at radius 1 is 1.28 bits per heavy atom. The number of rotatable bonds is 3. The molecule has 0 aliphatic heterocycles. The first-order valence-corrected chi connectivity index (χ1v) is 4.66. The third-order valence-electron chi connectivity index (χ3n) is 2.24. The molecule has 1 rings (SSSR count). The van der Waals surface area contributed by atoms with Crippen LogP contribution in [0, 0.1) is 5.82 Å². The lowest BCUT2D eigenvalue weighted by atomic mass is 10.0. The lowest BCUT2D eigenvalue weighted by Crippen LogP contribution is -2.34. The highest BCUT2D eigenvalue weighted by Crippen LogP contribution is 2.31. The average Bonchev–Trinajstić information content (AvgIpc) is 2.25. The molecule has 1 amide bonds. The number of alkyl halides is 3. The van der Waals surface area contributed by atoms with Crippen molar-refractivity contribution in [3.05, 3.63) is 35.1 Å². The SMILES string of the molecule is NC(=O)C(O)C(O)c1ccc(C(F)(F)F)cc1F. The molecule has 100 valence electrons. The van der Waals surface area contributed by atoms with E-state index in [9.17, 15) is 27.5 Å². The molecule has 8 heteroatoms. The molecule has 0 fully saturated rings. The van der Waals surface area contributed by atoms with Gasteiger partial charge in [-0.15, -0.1) is 0 Å². The second-order valence-corrected chi connectivity index (χ2v) is 3.53. The molecule has 2 atom stereocenters. The van der Waals surface area contributed by atoms with E-state index < -0.39 is 41.2 Å². The van der Waals surface area contributed by atoms with E-state index in [1.165, 1.54) is 0 Å². The Labute approximate surface area is 98.6 Å². The fourth-order valence-corrected chi connectivity index (χ4v) is 1.27. The first kappa shape index (κ1) is 14.4. The molecule has 0 bridgehead atoms. The van der Waals surface area contributed by atoms with Crippen LogP contribution in [-0.2, 0) is 11.0 Å².